The second kappa shape index (κ2) is 7.60. The number of hydrogen-bond donors (Lipinski definition) is 0. The fourth-order valence-corrected chi connectivity index (χ4v) is 3.85. The van der Waals surface area contributed by atoms with Gasteiger partial charge < -0.3 is 4.74 Å². The Labute approximate surface area is 160 Å². The van der Waals surface area contributed by atoms with Crippen LogP contribution < -0.4 is 5.56 Å². The Morgan fingerprint density at radius 2 is 1.96 bits per heavy atom. The lowest BCUT2D eigenvalue weighted by molar-refractivity contribution is -0.152. The number of aryl methyl sites for hydroxylation is 1. The predicted molar refractivity (Wildman–Crippen MR) is 105 cm³/mol. The van der Waals surface area contributed by atoms with Gasteiger partial charge in [0.1, 0.15) is 16.7 Å². The Balaban J connectivity index is 2.11. The van der Waals surface area contributed by atoms with Gasteiger partial charge >= 0.3 is 5.97 Å². The first-order valence-electron chi connectivity index (χ1n) is 8.80. The normalized spacial score (nSPS) is 13.5. The van der Waals surface area contributed by atoms with Crippen molar-refractivity contribution < 1.29 is 13.9 Å². The third kappa shape index (κ3) is 3.64. The van der Waals surface area contributed by atoms with Gasteiger partial charge in [0.2, 0.25) is 0 Å². The number of carbonyl (C=O) groups is 1. The van der Waals surface area contributed by atoms with Crippen molar-refractivity contribution in [2.24, 2.45) is 0 Å². The number of hydrogen-bond acceptors (Lipinski definition) is 5. The summed E-state index contributed by atoms with van der Waals surface area (Å²) >= 11 is 1.40. The molecule has 2 atom stereocenters. The van der Waals surface area contributed by atoms with Gasteiger partial charge in [-0.05, 0) is 44.9 Å². The molecule has 0 aliphatic heterocycles. The third-order valence-electron chi connectivity index (χ3n) is 4.60. The van der Waals surface area contributed by atoms with Crippen LogP contribution in [0.4, 0.5) is 4.39 Å². The molecule has 0 aliphatic carbocycles. The molecule has 7 heteroatoms. The highest BCUT2D eigenvalue weighted by Gasteiger charge is 2.23. The lowest BCUT2D eigenvalue weighted by Crippen LogP contribution is -2.31. The summed E-state index contributed by atoms with van der Waals surface area (Å²) in [7, 11) is 0. The number of rotatable bonds is 5. The highest BCUT2D eigenvalue weighted by atomic mass is 32.1. The molecule has 0 saturated carbocycles. The summed E-state index contributed by atoms with van der Waals surface area (Å²) in [4.78, 5) is 31.4. The molecular formula is C20H21FN2O3S. The monoisotopic (exact) mass is 388 g/mol. The highest BCUT2D eigenvalue weighted by molar-refractivity contribution is 7.19. The number of ether oxygens (including phenoxy) is 1. The van der Waals surface area contributed by atoms with Gasteiger partial charge in [0, 0.05) is 10.4 Å². The van der Waals surface area contributed by atoms with Crippen molar-refractivity contribution in [3.05, 3.63) is 51.6 Å². The zero-order chi connectivity index (χ0) is 19.7. The molecule has 0 saturated heterocycles. The van der Waals surface area contributed by atoms with Crippen molar-refractivity contribution in [2.45, 2.75) is 46.3 Å². The van der Waals surface area contributed by atoms with E-state index in [1.807, 2.05) is 20.8 Å². The summed E-state index contributed by atoms with van der Waals surface area (Å²) in [5.74, 6) is -0.809. The summed E-state index contributed by atoms with van der Waals surface area (Å²) in [6.45, 7) is 7.25. The molecule has 5 nitrogen and oxygen atoms in total. The molecule has 0 spiro atoms. The number of esters is 1. The molecule has 2 unspecified atom stereocenters. The molecule has 3 aromatic rings. The van der Waals surface area contributed by atoms with E-state index in [0.29, 0.717) is 16.6 Å². The van der Waals surface area contributed by atoms with Gasteiger partial charge in [-0.1, -0.05) is 19.1 Å². The maximum Gasteiger partial charge on any atom is 0.329 e. The molecule has 2 heterocycles. The molecule has 0 bridgehead atoms. The van der Waals surface area contributed by atoms with Gasteiger partial charge in [0.25, 0.3) is 5.56 Å². The lowest BCUT2D eigenvalue weighted by Gasteiger charge is -2.17. The Morgan fingerprint density at radius 1 is 1.30 bits per heavy atom. The number of aromatic nitrogens is 2. The molecule has 0 fully saturated rings. The molecule has 27 heavy (non-hydrogen) atoms. The van der Waals surface area contributed by atoms with Crippen LogP contribution >= 0.6 is 11.3 Å². The van der Waals surface area contributed by atoms with Crippen molar-refractivity contribution in [1.82, 2.24) is 9.55 Å². The molecule has 1 aromatic carbocycles. The van der Waals surface area contributed by atoms with Crippen LogP contribution in [0.1, 0.15) is 38.1 Å². The van der Waals surface area contributed by atoms with Crippen LogP contribution in [0, 0.1) is 12.7 Å². The minimum absolute atomic E-state index is 0.217. The minimum Gasteiger partial charge on any atom is -0.461 e. The zero-order valence-corrected chi connectivity index (χ0v) is 16.5. The van der Waals surface area contributed by atoms with Gasteiger partial charge in [-0.25, -0.2) is 14.2 Å². The van der Waals surface area contributed by atoms with E-state index in [-0.39, 0.29) is 17.5 Å². The van der Waals surface area contributed by atoms with Crippen LogP contribution in [0.3, 0.4) is 0 Å². The summed E-state index contributed by atoms with van der Waals surface area (Å²) < 4.78 is 19.9. The number of fused-ring (bicyclic) bond motifs is 1. The first-order chi connectivity index (χ1) is 12.8. The molecule has 0 aliphatic rings. The Kier molecular flexibility index (Phi) is 5.41. The van der Waals surface area contributed by atoms with E-state index in [2.05, 4.69) is 4.98 Å². The fraction of sp³-hybridized carbons (Fsp3) is 0.350. The first-order valence-corrected chi connectivity index (χ1v) is 9.61. The van der Waals surface area contributed by atoms with Gasteiger partial charge in [0.05, 0.1) is 17.8 Å². The molecule has 3 rings (SSSR count). The van der Waals surface area contributed by atoms with E-state index in [9.17, 15) is 14.0 Å². The average Bonchev–Trinajstić information content (AvgIpc) is 2.99. The van der Waals surface area contributed by atoms with Crippen LogP contribution in [-0.2, 0) is 9.53 Å². The van der Waals surface area contributed by atoms with Gasteiger partial charge in [-0.15, -0.1) is 11.3 Å². The van der Waals surface area contributed by atoms with Crippen LogP contribution in [0.2, 0.25) is 0 Å². The Morgan fingerprint density at radius 3 is 2.59 bits per heavy atom. The summed E-state index contributed by atoms with van der Waals surface area (Å²) in [5, 5.41) is 0.440. The smallest absolute Gasteiger partial charge is 0.329 e. The minimum atomic E-state index is -0.787. The molecular weight excluding hydrogens is 367 g/mol. The van der Waals surface area contributed by atoms with E-state index in [1.165, 1.54) is 34.4 Å². The second-order valence-electron chi connectivity index (χ2n) is 6.51. The first kappa shape index (κ1) is 19.2. The van der Waals surface area contributed by atoms with Crippen LogP contribution in [0.5, 0.6) is 0 Å². The second-order valence-corrected chi connectivity index (χ2v) is 7.71. The maximum absolute atomic E-state index is 13.3. The van der Waals surface area contributed by atoms with E-state index in [4.69, 9.17) is 4.74 Å². The number of thiophene rings is 1. The topological polar surface area (TPSA) is 61.2 Å². The van der Waals surface area contributed by atoms with Crippen molar-refractivity contribution in [1.29, 1.82) is 0 Å². The maximum atomic E-state index is 13.3. The predicted octanol–water partition coefficient (Wildman–Crippen LogP) is 4.48. The summed E-state index contributed by atoms with van der Waals surface area (Å²) in [5.41, 5.74) is 1.16. The number of halogens is 1. The van der Waals surface area contributed by atoms with Gasteiger partial charge in [-0.2, -0.15) is 0 Å². The third-order valence-corrected chi connectivity index (χ3v) is 5.61. The van der Waals surface area contributed by atoms with E-state index in [1.54, 1.807) is 19.1 Å². The highest BCUT2D eigenvalue weighted by Crippen LogP contribution is 2.35. The SMILES string of the molecule is CCC(C)OC(=O)C(C)n1cnc2sc(C)c(-c3ccc(F)cc3)c2c1=O. The Hall–Kier alpha value is -2.54. The number of benzene rings is 1. The molecule has 142 valence electrons. The number of carbonyl (C=O) groups excluding carboxylic acids is 1. The van der Waals surface area contributed by atoms with Crippen molar-refractivity contribution in [3.63, 3.8) is 0 Å². The van der Waals surface area contributed by atoms with E-state index < -0.39 is 12.0 Å². The van der Waals surface area contributed by atoms with Gasteiger partial charge in [0.15, 0.2) is 0 Å². The quantitative estimate of drug-likeness (QED) is 0.605. The average molecular weight is 388 g/mol. The van der Waals surface area contributed by atoms with Crippen molar-refractivity contribution >= 4 is 27.5 Å². The fourth-order valence-electron chi connectivity index (χ4n) is 2.85. The van der Waals surface area contributed by atoms with Crippen LogP contribution in [0.15, 0.2) is 35.4 Å². The molecule has 0 radical (unpaired) electrons. The standard InChI is InChI=1S/C20H21FN2O3S/c1-5-11(2)26-20(25)12(3)23-10-22-18-17(19(23)24)16(13(4)27-18)14-6-8-15(21)9-7-14/h6-12H,5H2,1-4H3. The number of nitrogens with zero attached hydrogens (tertiary/aromatic N) is 2. The zero-order valence-electron chi connectivity index (χ0n) is 15.7. The summed E-state index contributed by atoms with van der Waals surface area (Å²) in [6.07, 6.45) is 1.87. The lowest BCUT2D eigenvalue weighted by atomic mass is 10.0. The van der Waals surface area contributed by atoms with Crippen LogP contribution in [0.25, 0.3) is 21.3 Å². The molecule has 2 aromatic heterocycles. The van der Waals surface area contributed by atoms with Crippen molar-refractivity contribution in [2.75, 3.05) is 0 Å². The Bertz CT molecular complexity index is 1040. The molecule has 0 amide bonds. The molecule has 0 N–H and O–H groups in total. The van der Waals surface area contributed by atoms with E-state index in [0.717, 1.165) is 16.0 Å². The van der Waals surface area contributed by atoms with E-state index >= 15 is 0 Å². The van der Waals surface area contributed by atoms with Crippen LogP contribution in [-0.4, -0.2) is 21.6 Å². The largest absolute Gasteiger partial charge is 0.461 e. The summed E-state index contributed by atoms with van der Waals surface area (Å²) in [6, 6.07) is 5.21. The van der Waals surface area contributed by atoms with Crippen molar-refractivity contribution in [3.8, 4) is 11.1 Å². The van der Waals surface area contributed by atoms with Gasteiger partial charge in [-0.3, -0.25) is 9.36 Å².